The number of halogens is 2. The van der Waals surface area contributed by atoms with Crippen LogP contribution in [0.2, 0.25) is 5.02 Å². The minimum absolute atomic E-state index is 0.126. The van der Waals surface area contributed by atoms with Crippen molar-refractivity contribution in [3.05, 3.63) is 45.7 Å². The number of pyridine rings is 1. The number of benzene rings is 1. The van der Waals surface area contributed by atoms with Crippen LogP contribution in [-0.4, -0.2) is 47.9 Å². The molecule has 3 heterocycles. The lowest BCUT2D eigenvalue weighted by atomic mass is 10.1. The van der Waals surface area contributed by atoms with E-state index in [2.05, 4.69) is 26.9 Å². The fourth-order valence-electron chi connectivity index (χ4n) is 3.30. The Balaban J connectivity index is 1.79. The van der Waals surface area contributed by atoms with E-state index in [0.29, 0.717) is 16.3 Å². The number of ether oxygens (including phenoxy) is 2. The van der Waals surface area contributed by atoms with Gasteiger partial charge in [0.05, 0.1) is 47.8 Å². The Morgan fingerprint density at radius 3 is 2.74 bits per heavy atom. The maximum Gasteiger partial charge on any atom is 0.139 e. The molecule has 0 aliphatic carbocycles. The number of rotatable bonds is 4. The Labute approximate surface area is 170 Å². The highest BCUT2D eigenvalue weighted by atomic mass is 79.9. The summed E-state index contributed by atoms with van der Waals surface area (Å²) in [5.74, 6) is 0.533. The molecule has 8 heteroatoms. The molecular weight excluding hydrogens is 434 g/mol. The average Bonchev–Trinajstić information content (AvgIpc) is 3.10. The van der Waals surface area contributed by atoms with Crippen LogP contribution in [-0.2, 0) is 11.3 Å². The molecule has 1 saturated heterocycles. The van der Waals surface area contributed by atoms with Crippen LogP contribution >= 0.6 is 27.5 Å². The Morgan fingerprint density at radius 2 is 2.04 bits per heavy atom. The monoisotopic (exact) mass is 451 g/mol. The molecule has 0 spiro atoms. The van der Waals surface area contributed by atoms with Gasteiger partial charge in [-0.1, -0.05) is 11.6 Å². The van der Waals surface area contributed by atoms with Crippen molar-refractivity contribution in [3.63, 3.8) is 0 Å². The van der Waals surface area contributed by atoms with E-state index in [1.165, 1.54) is 0 Å². The zero-order valence-corrected chi connectivity index (χ0v) is 17.1. The largest absolute Gasteiger partial charge is 0.495 e. The van der Waals surface area contributed by atoms with Gasteiger partial charge < -0.3 is 23.9 Å². The molecule has 6 nitrogen and oxygen atoms in total. The molecule has 0 unspecified atom stereocenters. The van der Waals surface area contributed by atoms with E-state index in [9.17, 15) is 5.11 Å². The third-order valence-corrected chi connectivity index (χ3v) is 5.61. The number of morpholine rings is 1. The molecule has 27 heavy (non-hydrogen) atoms. The van der Waals surface area contributed by atoms with Crippen LogP contribution < -0.4 is 9.64 Å². The van der Waals surface area contributed by atoms with Crippen molar-refractivity contribution in [2.45, 2.75) is 6.61 Å². The number of aromatic nitrogens is 2. The van der Waals surface area contributed by atoms with Gasteiger partial charge >= 0.3 is 0 Å². The SMILES string of the molecule is COc1cc(CO)c(-c2cn3cc(Br)c(N4CCOCC4)cc3n2)cc1Cl. The quantitative estimate of drug-likeness (QED) is 0.653. The predicted octanol–water partition coefficient (Wildman–Crippen LogP) is 3.75. The van der Waals surface area contributed by atoms with E-state index in [1.54, 1.807) is 19.2 Å². The van der Waals surface area contributed by atoms with Gasteiger partial charge in [0.15, 0.2) is 0 Å². The third-order valence-electron chi connectivity index (χ3n) is 4.70. The van der Waals surface area contributed by atoms with Crippen LogP contribution in [0.15, 0.2) is 35.1 Å². The number of methoxy groups -OCH3 is 1. The molecule has 1 N–H and O–H groups in total. The average molecular weight is 453 g/mol. The van der Waals surface area contributed by atoms with Gasteiger partial charge in [-0.3, -0.25) is 0 Å². The topological polar surface area (TPSA) is 59.2 Å². The molecule has 0 bridgehead atoms. The molecule has 2 aromatic heterocycles. The maximum atomic E-state index is 9.76. The number of aliphatic hydroxyl groups excluding tert-OH is 1. The molecule has 1 fully saturated rings. The first-order valence-corrected chi connectivity index (χ1v) is 9.76. The molecule has 1 aromatic carbocycles. The number of anilines is 1. The third kappa shape index (κ3) is 3.52. The van der Waals surface area contributed by atoms with E-state index >= 15 is 0 Å². The van der Waals surface area contributed by atoms with Gasteiger partial charge in [0.2, 0.25) is 0 Å². The van der Waals surface area contributed by atoms with Crippen molar-refractivity contribution < 1.29 is 14.6 Å². The predicted molar refractivity (Wildman–Crippen MR) is 109 cm³/mol. The number of hydrogen-bond acceptors (Lipinski definition) is 5. The van der Waals surface area contributed by atoms with Gasteiger partial charge in [0.25, 0.3) is 0 Å². The number of hydrogen-bond donors (Lipinski definition) is 1. The van der Waals surface area contributed by atoms with E-state index in [4.69, 9.17) is 26.1 Å². The molecule has 1 aliphatic heterocycles. The van der Waals surface area contributed by atoms with Gasteiger partial charge in [-0.2, -0.15) is 0 Å². The molecule has 3 aromatic rings. The second-order valence-electron chi connectivity index (χ2n) is 6.30. The van der Waals surface area contributed by atoms with Crippen molar-refractivity contribution >= 4 is 38.9 Å². The number of aliphatic hydroxyl groups is 1. The Hall–Kier alpha value is -1.80. The molecule has 0 amide bonds. The minimum atomic E-state index is -0.126. The fourth-order valence-corrected chi connectivity index (χ4v) is 4.12. The fraction of sp³-hybridized carbons (Fsp3) is 0.316. The molecule has 142 valence electrons. The lowest BCUT2D eigenvalue weighted by Gasteiger charge is -2.29. The van der Waals surface area contributed by atoms with Crippen molar-refractivity contribution in [1.82, 2.24) is 9.38 Å². The highest BCUT2D eigenvalue weighted by Crippen LogP contribution is 2.35. The number of imidazole rings is 1. The molecular formula is C19H19BrClN3O3. The lowest BCUT2D eigenvalue weighted by molar-refractivity contribution is 0.122. The Kier molecular flexibility index (Phi) is 5.27. The zero-order chi connectivity index (χ0) is 19.0. The van der Waals surface area contributed by atoms with Crippen LogP contribution in [0, 0.1) is 0 Å². The van der Waals surface area contributed by atoms with Crippen molar-refractivity contribution in [1.29, 1.82) is 0 Å². The van der Waals surface area contributed by atoms with Gasteiger partial charge in [0.1, 0.15) is 11.4 Å². The van der Waals surface area contributed by atoms with E-state index in [0.717, 1.165) is 53.4 Å². The molecule has 0 radical (unpaired) electrons. The summed E-state index contributed by atoms with van der Waals surface area (Å²) in [6.07, 6.45) is 3.93. The van der Waals surface area contributed by atoms with Crippen LogP contribution in [0.5, 0.6) is 5.75 Å². The van der Waals surface area contributed by atoms with Crippen molar-refractivity contribution in [3.8, 4) is 17.0 Å². The second-order valence-corrected chi connectivity index (χ2v) is 7.56. The Morgan fingerprint density at radius 1 is 1.26 bits per heavy atom. The molecule has 1 aliphatic rings. The molecule has 0 saturated carbocycles. The smallest absolute Gasteiger partial charge is 0.139 e. The normalized spacial score (nSPS) is 14.7. The standard InChI is InChI=1S/C19H19BrClN3O3/c1-26-18-6-12(11-25)13(7-15(18)21)16-10-24-9-14(20)17(8-19(24)22-16)23-2-4-27-5-3-23/h6-10,25H,2-5,11H2,1H3. The highest BCUT2D eigenvalue weighted by Gasteiger charge is 2.17. The summed E-state index contributed by atoms with van der Waals surface area (Å²) in [5, 5.41) is 10.2. The van der Waals surface area contributed by atoms with Gasteiger partial charge in [-0.25, -0.2) is 4.98 Å². The summed E-state index contributed by atoms with van der Waals surface area (Å²) < 4.78 is 13.6. The summed E-state index contributed by atoms with van der Waals surface area (Å²) in [7, 11) is 1.55. The Bertz CT molecular complexity index is 986. The summed E-state index contributed by atoms with van der Waals surface area (Å²) in [5.41, 5.74) is 4.17. The van der Waals surface area contributed by atoms with E-state index < -0.39 is 0 Å². The molecule has 0 atom stereocenters. The first-order valence-electron chi connectivity index (χ1n) is 8.59. The lowest BCUT2D eigenvalue weighted by Crippen LogP contribution is -2.36. The summed E-state index contributed by atoms with van der Waals surface area (Å²) in [6, 6.07) is 5.59. The second kappa shape index (κ2) is 7.67. The minimum Gasteiger partial charge on any atom is -0.495 e. The van der Waals surface area contributed by atoms with Gasteiger partial charge in [0, 0.05) is 37.1 Å². The number of fused-ring (bicyclic) bond motifs is 1. The highest BCUT2D eigenvalue weighted by molar-refractivity contribution is 9.10. The van der Waals surface area contributed by atoms with Gasteiger partial charge in [-0.15, -0.1) is 0 Å². The summed E-state index contributed by atoms with van der Waals surface area (Å²) >= 11 is 9.96. The van der Waals surface area contributed by atoms with Crippen LogP contribution in [0.3, 0.4) is 0 Å². The summed E-state index contributed by atoms with van der Waals surface area (Å²) in [6.45, 7) is 3.03. The van der Waals surface area contributed by atoms with Crippen LogP contribution in [0.25, 0.3) is 16.9 Å². The van der Waals surface area contributed by atoms with E-state index in [-0.39, 0.29) is 6.61 Å². The molecule has 4 rings (SSSR count). The summed E-state index contributed by atoms with van der Waals surface area (Å²) in [4.78, 5) is 7.04. The van der Waals surface area contributed by atoms with Crippen molar-refractivity contribution in [2.24, 2.45) is 0 Å². The zero-order valence-electron chi connectivity index (χ0n) is 14.8. The van der Waals surface area contributed by atoms with Crippen LogP contribution in [0.1, 0.15) is 5.56 Å². The van der Waals surface area contributed by atoms with Crippen LogP contribution in [0.4, 0.5) is 5.69 Å². The van der Waals surface area contributed by atoms with Crippen molar-refractivity contribution in [2.75, 3.05) is 38.3 Å². The number of nitrogens with zero attached hydrogens (tertiary/aromatic N) is 3. The van der Waals surface area contributed by atoms with E-state index in [1.807, 2.05) is 16.8 Å². The van der Waals surface area contributed by atoms with Gasteiger partial charge in [-0.05, 0) is 33.6 Å². The maximum absolute atomic E-state index is 9.76. The first-order chi connectivity index (χ1) is 13.1. The first kappa shape index (κ1) is 18.6.